The Balaban J connectivity index is 2.88. The quantitative estimate of drug-likeness (QED) is 0.153. The summed E-state index contributed by atoms with van der Waals surface area (Å²) in [5.74, 6) is -4.23. The molecule has 0 aromatic heterocycles. The summed E-state index contributed by atoms with van der Waals surface area (Å²) in [6, 6.07) is 6.04. The number of carbonyl (C=O) groups excluding carboxylic acids is 5. The van der Waals surface area contributed by atoms with E-state index in [0.29, 0.717) is 5.56 Å². The van der Waals surface area contributed by atoms with Crippen LogP contribution in [0.4, 0.5) is 10.5 Å². The maximum absolute atomic E-state index is 12.7. The van der Waals surface area contributed by atoms with Crippen LogP contribution in [0.2, 0.25) is 25.7 Å². The van der Waals surface area contributed by atoms with E-state index in [9.17, 15) is 24.0 Å². The number of carbonyl (C=O) groups is 5. The standard InChI is InChI=1S/C24H36N2O8Si/c1-8-32-22(30)19(27)20(28)25-17-11-9-16(10-12-17)15-18(26-23(31)34-24(2,3)4)21(29)33-13-14-35(5,6)7/h9-12,18H,8,13-15H2,1-7H3,(H,25,28)(H,26,31)/t18-/m0/s1. The van der Waals surface area contributed by atoms with Gasteiger partial charge in [0.1, 0.15) is 11.6 Å². The predicted octanol–water partition coefficient (Wildman–Crippen LogP) is 3.07. The second-order valence-electron chi connectivity index (χ2n) is 10.1. The van der Waals surface area contributed by atoms with Crippen molar-refractivity contribution in [1.82, 2.24) is 5.32 Å². The third-order valence-corrected chi connectivity index (χ3v) is 6.09. The highest BCUT2D eigenvalue weighted by Crippen LogP contribution is 2.14. The van der Waals surface area contributed by atoms with Gasteiger partial charge in [0.2, 0.25) is 0 Å². The van der Waals surface area contributed by atoms with Crippen molar-refractivity contribution in [1.29, 1.82) is 0 Å². The van der Waals surface area contributed by atoms with Gasteiger partial charge in [-0.1, -0.05) is 31.8 Å². The molecule has 35 heavy (non-hydrogen) atoms. The molecule has 0 aliphatic heterocycles. The number of Topliss-reactive ketones (excluding diaryl/α,β-unsaturated/α-hetero) is 1. The van der Waals surface area contributed by atoms with Gasteiger partial charge in [0, 0.05) is 20.2 Å². The van der Waals surface area contributed by atoms with Crippen molar-refractivity contribution in [2.24, 2.45) is 0 Å². The van der Waals surface area contributed by atoms with E-state index >= 15 is 0 Å². The van der Waals surface area contributed by atoms with Crippen LogP contribution in [0, 0.1) is 0 Å². The van der Waals surface area contributed by atoms with Crippen molar-refractivity contribution in [2.75, 3.05) is 18.5 Å². The Morgan fingerprint density at radius 3 is 2.09 bits per heavy atom. The molecule has 0 radical (unpaired) electrons. The molecule has 1 rings (SSSR count). The number of ether oxygens (including phenoxy) is 3. The van der Waals surface area contributed by atoms with Gasteiger partial charge in [0.05, 0.1) is 13.2 Å². The summed E-state index contributed by atoms with van der Waals surface area (Å²) in [6.45, 7) is 13.4. The average Bonchev–Trinajstić information content (AvgIpc) is 2.71. The van der Waals surface area contributed by atoms with Gasteiger partial charge in [-0.25, -0.2) is 14.4 Å². The number of benzene rings is 1. The first kappa shape index (κ1) is 29.8. The molecule has 1 aromatic carbocycles. The molecule has 194 valence electrons. The van der Waals surface area contributed by atoms with Gasteiger partial charge in [-0.3, -0.25) is 9.59 Å². The van der Waals surface area contributed by atoms with Crippen LogP contribution in [-0.4, -0.2) is 62.7 Å². The molecule has 0 saturated carbocycles. The van der Waals surface area contributed by atoms with E-state index in [2.05, 4.69) is 35.0 Å². The Labute approximate surface area is 207 Å². The van der Waals surface area contributed by atoms with Crippen LogP contribution in [0.3, 0.4) is 0 Å². The molecule has 0 aliphatic rings. The molecule has 0 bridgehead atoms. The predicted molar refractivity (Wildman–Crippen MR) is 133 cm³/mol. The Bertz CT molecular complexity index is 917. The summed E-state index contributed by atoms with van der Waals surface area (Å²) in [5.41, 5.74) is 0.186. The molecule has 1 aromatic rings. The lowest BCUT2D eigenvalue weighted by molar-refractivity contribution is -0.155. The molecule has 1 atom stereocenters. The van der Waals surface area contributed by atoms with Crippen molar-refractivity contribution in [2.45, 2.75) is 71.4 Å². The van der Waals surface area contributed by atoms with Gasteiger partial charge in [-0.2, -0.15) is 0 Å². The zero-order chi connectivity index (χ0) is 26.8. The van der Waals surface area contributed by atoms with Crippen LogP contribution in [-0.2, 0) is 39.8 Å². The highest BCUT2D eigenvalue weighted by molar-refractivity contribution is 6.76. The van der Waals surface area contributed by atoms with Gasteiger partial charge in [0.25, 0.3) is 0 Å². The maximum atomic E-state index is 12.7. The molecule has 0 fully saturated rings. The minimum absolute atomic E-state index is 0.0222. The number of nitrogens with one attached hydrogen (secondary N) is 2. The summed E-state index contributed by atoms with van der Waals surface area (Å²) in [7, 11) is -1.41. The van der Waals surface area contributed by atoms with E-state index in [1.807, 2.05) is 0 Å². The second-order valence-corrected chi connectivity index (χ2v) is 15.7. The van der Waals surface area contributed by atoms with E-state index in [1.54, 1.807) is 32.9 Å². The lowest BCUT2D eigenvalue weighted by Gasteiger charge is -2.23. The van der Waals surface area contributed by atoms with Gasteiger partial charge >= 0.3 is 29.7 Å². The number of esters is 2. The zero-order valence-corrected chi connectivity index (χ0v) is 22.5. The lowest BCUT2D eigenvalue weighted by Crippen LogP contribution is -2.45. The number of rotatable bonds is 11. The first-order valence-corrected chi connectivity index (χ1v) is 15.1. The highest BCUT2D eigenvalue weighted by Gasteiger charge is 2.27. The van der Waals surface area contributed by atoms with Crippen molar-refractivity contribution in [3.63, 3.8) is 0 Å². The Morgan fingerprint density at radius 1 is 0.971 bits per heavy atom. The molecule has 0 saturated heterocycles. The number of hydrogen-bond acceptors (Lipinski definition) is 8. The van der Waals surface area contributed by atoms with Gasteiger partial charge in [-0.15, -0.1) is 0 Å². The largest absolute Gasteiger partial charge is 0.464 e. The van der Waals surface area contributed by atoms with Crippen LogP contribution in [0.1, 0.15) is 33.3 Å². The van der Waals surface area contributed by atoms with Crippen molar-refractivity contribution in [3.05, 3.63) is 29.8 Å². The van der Waals surface area contributed by atoms with Crippen LogP contribution in [0.5, 0.6) is 0 Å². The van der Waals surface area contributed by atoms with Crippen LogP contribution in [0.25, 0.3) is 0 Å². The summed E-state index contributed by atoms with van der Waals surface area (Å²) in [5, 5.41) is 4.88. The topological polar surface area (TPSA) is 137 Å². The summed E-state index contributed by atoms with van der Waals surface area (Å²) < 4.78 is 15.2. The molecule has 0 heterocycles. The molecular weight excluding hydrogens is 472 g/mol. The van der Waals surface area contributed by atoms with Crippen molar-refractivity contribution >= 4 is 43.5 Å². The number of anilines is 1. The summed E-state index contributed by atoms with van der Waals surface area (Å²) in [6.07, 6.45) is -0.632. The lowest BCUT2D eigenvalue weighted by atomic mass is 10.1. The second kappa shape index (κ2) is 13.0. The fourth-order valence-corrected chi connectivity index (χ4v) is 3.35. The Morgan fingerprint density at radius 2 is 1.57 bits per heavy atom. The summed E-state index contributed by atoms with van der Waals surface area (Å²) in [4.78, 5) is 60.0. The third-order valence-electron chi connectivity index (χ3n) is 4.39. The number of hydrogen-bond donors (Lipinski definition) is 2. The first-order valence-electron chi connectivity index (χ1n) is 11.4. The number of amides is 2. The molecule has 0 unspecified atom stereocenters. The van der Waals surface area contributed by atoms with E-state index in [1.165, 1.54) is 19.1 Å². The van der Waals surface area contributed by atoms with E-state index in [-0.39, 0.29) is 25.3 Å². The highest BCUT2D eigenvalue weighted by atomic mass is 28.3. The van der Waals surface area contributed by atoms with Crippen LogP contribution in [0.15, 0.2) is 24.3 Å². The molecule has 2 N–H and O–H groups in total. The maximum Gasteiger partial charge on any atom is 0.408 e. The summed E-state index contributed by atoms with van der Waals surface area (Å²) >= 11 is 0. The third kappa shape index (κ3) is 12.2. The van der Waals surface area contributed by atoms with Gasteiger partial charge in [-0.05, 0) is 51.4 Å². The smallest absolute Gasteiger partial charge is 0.408 e. The molecule has 2 amide bonds. The molecular formula is C24H36N2O8Si. The zero-order valence-electron chi connectivity index (χ0n) is 21.5. The molecule has 0 spiro atoms. The number of ketones is 1. The van der Waals surface area contributed by atoms with E-state index in [4.69, 9.17) is 9.47 Å². The molecule has 11 heteroatoms. The van der Waals surface area contributed by atoms with Crippen molar-refractivity contribution < 1.29 is 38.2 Å². The van der Waals surface area contributed by atoms with Crippen LogP contribution >= 0.6 is 0 Å². The Kier molecular flexibility index (Phi) is 11.1. The normalized spacial score (nSPS) is 12.2. The minimum Gasteiger partial charge on any atom is -0.464 e. The average molecular weight is 509 g/mol. The monoisotopic (exact) mass is 508 g/mol. The van der Waals surface area contributed by atoms with Crippen molar-refractivity contribution in [3.8, 4) is 0 Å². The van der Waals surface area contributed by atoms with Gasteiger partial charge < -0.3 is 24.8 Å². The van der Waals surface area contributed by atoms with E-state index < -0.39 is 49.4 Å². The molecule has 0 aliphatic carbocycles. The number of alkyl carbamates (subject to hydrolysis) is 1. The van der Waals surface area contributed by atoms with Gasteiger partial charge in [0.15, 0.2) is 0 Å². The minimum atomic E-state index is -1.41. The van der Waals surface area contributed by atoms with Crippen LogP contribution < -0.4 is 10.6 Å². The Hall–Kier alpha value is -3.21. The van der Waals surface area contributed by atoms with E-state index in [0.717, 1.165) is 6.04 Å². The SMILES string of the molecule is CCOC(=O)C(=O)C(=O)Nc1ccc(C[C@H](NC(=O)OC(C)(C)C)C(=O)OCC[Si](C)(C)C)cc1. The fraction of sp³-hybridized carbons (Fsp3) is 0.542. The molecule has 10 nitrogen and oxygen atoms in total. The first-order chi connectivity index (χ1) is 16.1. The fourth-order valence-electron chi connectivity index (χ4n) is 2.64.